The van der Waals surface area contributed by atoms with E-state index in [1.165, 1.54) is 96.3 Å². The number of hydrogen-bond acceptors (Lipinski definition) is 6. The number of hydrogen-bond donors (Lipinski definition) is 0. The summed E-state index contributed by atoms with van der Waals surface area (Å²) in [7, 11) is 0. The van der Waals surface area contributed by atoms with Gasteiger partial charge in [-0.2, -0.15) is 0 Å². The van der Waals surface area contributed by atoms with Gasteiger partial charge in [-0.15, -0.1) is 0 Å². The first-order chi connectivity index (χ1) is 32.5. The van der Waals surface area contributed by atoms with Gasteiger partial charge in [0, 0.05) is 19.3 Å². The van der Waals surface area contributed by atoms with Gasteiger partial charge in [0.1, 0.15) is 13.2 Å². The lowest BCUT2D eigenvalue weighted by Crippen LogP contribution is -2.30. The van der Waals surface area contributed by atoms with E-state index in [0.29, 0.717) is 19.3 Å². The monoisotopic (exact) mass is 917 g/mol. The molecule has 0 N–H and O–H groups in total. The first-order valence-corrected chi connectivity index (χ1v) is 27.2. The fourth-order valence-corrected chi connectivity index (χ4v) is 7.24. The molecule has 0 aliphatic carbocycles. The summed E-state index contributed by atoms with van der Waals surface area (Å²) in [6, 6.07) is 0. The summed E-state index contributed by atoms with van der Waals surface area (Å²) in [5.41, 5.74) is 0. The molecule has 0 unspecified atom stereocenters. The fraction of sp³-hybridized carbons (Fsp3) is 0.683. The fourth-order valence-electron chi connectivity index (χ4n) is 7.24. The van der Waals surface area contributed by atoms with Gasteiger partial charge in [0.15, 0.2) is 6.10 Å². The lowest BCUT2D eigenvalue weighted by molar-refractivity contribution is -0.167. The van der Waals surface area contributed by atoms with E-state index < -0.39 is 6.10 Å². The van der Waals surface area contributed by atoms with Crippen LogP contribution in [0, 0.1) is 0 Å². The lowest BCUT2D eigenvalue weighted by Gasteiger charge is -2.18. The maximum absolute atomic E-state index is 12.8. The molecule has 0 fully saturated rings. The van der Waals surface area contributed by atoms with E-state index in [1.54, 1.807) is 0 Å². The second-order valence-corrected chi connectivity index (χ2v) is 17.8. The molecule has 0 bridgehead atoms. The Bertz CT molecular complexity index is 1330. The molecular formula is C60H100O6. The van der Waals surface area contributed by atoms with E-state index in [1.807, 2.05) is 0 Å². The van der Waals surface area contributed by atoms with Gasteiger partial charge in [0.25, 0.3) is 0 Å². The van der Waals surface area contributed by atoms with Crippen LogP contribution in [-0.2, 0) is 28.6 Å². The minimum atomic E-state index is -0.812. The Morgan fingerprint density at radius 1 is 0.318 bits per heavy atom. The molecule has 6 heteroatoms. The minimum Gasteiger partial charge on any atom is -0.462 e. The number of rotatable bonds is 48. The van der Waals surface area contributed by atoms with Gasteiger partial charge in [-0.3, -0.25) is 14.4 Å². The van der Waals surface area contributed by atoms with Crippen molar-refractivity contribution < 1.29 is 28.6 Å². The van der Waals surface area contributed by atoms with E-state index >= 15 is 0 Å². The zero-order valence-corrected chi connectivity index (χ0v) is 42.9. The average Bonchev–Trinajstić information content (AvgIpc) is 3.31. The van der Waals surface area contributed by atoms with Gasteiger partial charge in [-0.25, -0.2) is 0 Å². The van der Waals surface area contributed by atoms with Crippen molar-refractivity contribution in [3.8, 4) is 0 Å². The van der Waals surface area contributed by atoms with Crippen LogP contribution >= 0.6 is 0 Å². The summed E-state index contributed by atoms with van der Waals surface area (Å²) in [6.07, 6.45) is 71.1. The minimum absolute atomic E-state index is 0.104. The molecular weight excluding hydrogens is 817 g/mol. The first-order valence-electron chi connectivity index (χ1n) is 27.2. The molecule has 0 aromatic heterocycles. The van der Waals surface area contributed by atoms with Crippen LogP contribution in [0.4, 0.5) is 0 Å². The Hall–Kier alpha value is -3.67. The van der Waals surface area contributed by atoms with E-state index in [-0.39, 0.29) is 37.5 Å². The van der Waals surface area contributed by atoms with Crippen LogP contribution in [0.2, 0.25) is 0 Å². The van der Waals surface area contributed by atoms with Crippen molar-refractivity contribution in [2.45, 2.75) is 252 Å². The summed E-state index contributed by atoms with van der Waals surface area (Å²) in [5, 5.41) is 0. The van der Waals surface area contributed by atoms with Gasteiger partial charge in [0.2, 0.25) is 0 Å². The highest BCUT2D eigenvalue weighted by atomic mass is 16.6. The SMILES string of the molecule is CC/C=C\C/C=C\C/C=C\C/C=C\CCCCC(=O)O[C@@H](COC(=O)CCCCC/C=C\C/C=C\C/C=C\C/C=C\CCCCC)COC(=O)CCCCCCCCCCCCCCCC. The third-order valence-electron chi connectivity index (χ3n) is 11.3. The summed E-state index contributed by atoms with van der Waals surface area (Å²) >= 11 is 0. The first kappa shape index (κ1) is 62.3. The highest BCUT2D eigenvalue weighted by molar-refractivity contribution is 5.71. The molecule has 0 aliphatic rings. The molecule has 0 rings (SSSR count). The Morgan fingerprint density at radius 2 is 0.591 bits per heavy atom. The average molecular weight is 917 g/mol. The predicted molar refractivity (Wildman–Crippen MR) is 284 cm³/mol. The molecule has 0 aliphatic heterocycles. The van der Waals surface area contributed by atoms with Gasteiger partial charge in [-0.1, -0.05) is 221 Å². The van der Waals surface area contributed by atoms with Crippen LogP contribution in [0.5, 0.6) is 0 Å². The molecule has 0 spiro atoms. The quantitative estimate of drug-likeness (QED) is 0.0262. The van der Waals surface area contributed by atoms with Crippen molar-refractivity contribution in [2.75, 3.05) is 13.2 Å². The highest BCUT2D eigenvalue weighted by Gasteiger charge is 2.19. The van der Waals surface area contributed by atoms with Gasteiger partial charge in [0.05, 0.1) is 0 Å². The Labute approximate surface area is 407 Å². The number of unbranched alkanes of at least 4 members (excludes halogenated alkanes) is 21. The second-order valence-electron chi connectivity index (χ2n) is 17.8. The van der Waals surface area contributed by atoms with E-state index in [9.17, 15) is 14.4 Å². The third-order valence-corrected chi connectivity index (χ3v) is 11.3. The van der Waals surface area contributed by atoms with Crippen molar-refractivity contribution in [3.05, 3.63) is 97.2 Å². The van der Waals surface area contributed by atoms with E-state index in [4.69, 9.17) is 14.2 Å². The van der Waals surface area contributed by atoms with Crippen LogP contribution in [0.25, 0.3) is 0 Å². The summed E-state index contributed by atoms with van der Waals surface area (Å²) in [5.74, 6) is -0.977. The van der Waals surface area contributed by atoms with Gasteiger partial charge < -0.3 is 14.2 Å². The second kappa shape index (κ2) is 53.9. The van der Waals surface area contributed by atoms with Crippen molar-refractivity contribution >= 4 is 17.9 Å². The zero-order chi connectivity index (χ0) is 47.9. The summed E-state index contributed by atoms with van der Waals surface area (Å²) < 4.78 is 16.8. The van der Waals surface area contributed by atoms with Crippen molar-refractivity contribution in [2.24, 2.45) is 0 Å². The highest BCUT2D eigenvalue weighted by Crippen LogP contribution is 2.14. The largest absolute Gasteiger partial charge is 0.462 e. The molecule has 0 radical (unpaired) electrons. The zero-order valence-electron chi connectivity index (χ0n) is 42.9. The molecule has 0 heterocycles. The van der Waals surface area contributed by atoms with Gasteiger partial charge in [-0.05, 0) is 103 Å². The van der Waals surface area contributed by atoms with Crippen LogP contribution in [0.15, 0.2) is 97.2 Å². The number of ether oxygens (including phenoxy) is 3. The van der Waals surface area contributed by atoms with Crippen molar-refractivity contribution in [1.82, 2.24) is 0 Å². The molecule has 0 saturated carbocycles. The number of allylic oxidation sites excluding steroid dienone is 16. The number of carbonyl (C=O) groups excluding carboxylic acids is 3. The summed E-state index contributed by atoms with van der Waals surface area (Å²) in [6.45, 7) is 6.43. The van der Waals surface area contributed by atoms with Crippen LogP contribution in [0.1, 0.15) is 245 Å². The third kappa shape index (κ3) is 51.3. The molecule has 0 aromatic carbocycles. The normalized spacial score (nSPS) is 12.8. The van der Waals surface area contributed by atoms with Crippen LogP contribution in [-0.4, -0.2) is 37.2 Å². The van der Waals surface area contributed by atoms with E-state index in [0.717, 1.165) is 103 Å². The molecule has 66 heavy (non-hydrogen) atoms. The van der Waals surface area contributed by atoms with Crippen LogP contribution < -0.4 is 0 Å². The Morgan fingerprint density at radius 3 is 0.985 bits per heavy atom. The number of esters is 3. The smallest absolute Gasteiger partial charge is 0.306 e. The summed E-state index contributed by atoms with van der Waals surface area (Å²) in [4.78, 5) is 38.0. The lowest BCUT2D eigenvalue weighted by atomic mass is 10.0. The molecule has 0 saturated heterocycles. The molecule has 376 valence electrons. The molecule has 0 amide bonds. The topological polar surface area (TPSA) is 78.9 Å². The molecule has 1 atom stereocenters. The van der Waals surface area contributed by atoms with Crippen molar-refractivity contribution in [3.63, 3.8) is 0 Å². The van der Waals surface area contributed by atoms with Gasteiger partial charge >= 0.3 is 17.9 Å². The van der Waals surface area contributed by atoms with Crippen molar-refractivity contribution in [1.29, 1.82) is 0 Å². The Balaban J connectivity index is 4.50. The maximum Gasteiger partial charge on any atom is 0.306 e. The standard InChI is InChI=1S/C60H100O6/c1-4-7-10-13-16-19-22-25-28-29-30-31-33-35-38-41-44-47-50-53-59(62)65-56-57(55-64-58(61)52-49-46-43-40-37-34-27-24-21-18-15-12-9-6-3)66-60(63)54-51-48-45-42-39-36-32-26-23-20-17-14-11-8-5-2/h8,11,16-17,19-20,25-26,28,30-32,35,38-39,42,57H,4-7,9-10,12-15,18,21-24,27,29,33-34,36-37,40-41,43-56H2,1-3H3/b11-8-,19-16-,20-17-,28-25-,31-30-,32-26-,38-35-,42-39-/t57-/m1/s1. The number of carbonyl (C=O) groups is 3. The molecule has 6 nitrogen and oxygen atoms in total. The van der Waals surface area contributed by atoms with E-state index in [2.05, 4.69) is 118 Å². The maximum atomic E-state index is 12.8. The molecule has 0 aromatic rings. The van der Waals surface area contributed by atoms with Crippen LogP contribution in [0.3, 0.4) is 0 Å². The predicted octanol–water partition coefficient (Wildman–Crippen LogP) is 18.1. The Kier molecular flexibility index (Phi) is 50.9.